The van der Waals surface area contributed by atoms with Crippen LogP contribution in [0.2, 0.25) is 0 Å². The number of carbonyl (C=O) groups is 2. The van der Waals surface area contributed by atoms with E-state index >= 15 is 0 Å². The Morgan fingerprint density at radius 1 is 1.28 bits per heavy atom. The number of rotatable bonds is 3. The fraction of sp³-hybridized carbons (Fsp3) is 0.500. The molecule has 2 aromatic heterocycles. The van der Waals surface area contributed by atoms with Crippen molar-refractivity contribution < 1.29 is 14.0 Å². The number of piperidine rings is 1. The molecule has 6 nitrogen and oxygen atoms in total. The number of nitrogens with zero attached hydrogens (tertiary/aromatic N) is 2. The van der Waals surface area contributed by atoms with Gasteiger partial charge >= 0.3 is 0 Å². The number of hydrogen-bond donors (Lipinski definition) is 2. The van der Waals surface area contributed by atoms with Crippen LogP contribution in [-0.4, -0.2) is 45.8 Å². The van der Waals surface area contributed by atoms with Crippen LogP contribution >= 0.6 is 0 Å². The Balaban J connectivity index is 1.40. The highest BCUT2D eigenvalue weighted by molar-refractivity contribution is 6.00. The van der Waals surface area contributed by atoms with Crippen LogP contribution in [0.5, 0.6) is 0 Å². The lowest BCUT2D eigenvalue weighted by atomic mass is 9.93. The molecule has 2 aromatic rings. The molecule has 25 heavy (non-hydrogen) atoms. The van der Waals surface area contributed by atoms with E-state index in [0.29, 0.717) is 16.3 Å². The van der Waals surface area contributed by atoms with Crippen molar-refractivity contribution in [3.8, 4) is 0 Å². The van der Waals surface area contributed by atoms with E-state index in [1.807, 2.05) is 4.90 Å². The van der Waals surface area contributed by atoms with Gasteiger partial charge in [-0.05, 0) is 44.1 Å². The average molecular weight is 344 g/mol. The van der Waals surface area contributed by atoms with E-state index in [-0.39, 0.29) is 11.6 Å². The van der Waals surface area contributed by atoms with Crippen molar-refractivity contribution in [2.24, 2.45) is 5.41 Å². The van der Waals surface area contributed by atoms with Crippen molar-refractivity contribution in [2.75, 3.05) is 13.1 Å². The second kappa shape index (κ2) is 5.82. The SMILES string of the molecule is C[C@@H](NC(=O)c1cc2c(F)cncc2[nH]1)C(=O)N1CCC2(CC1)CC2. The molecule has 1 spiro atoms. The highest BCUT2D eigenvalue weighted by atomic mass is 19.1. The first-order valence-electron chi connectivity index (χ1n) is 8.69. The number of H-pyrrole nitrogens is 1. The normalized spacial score (nSPS) is 19.8. The number of aromatic nitrogens is 2. The lowest BCUT2D eigenvalue weighted by Gasteiger charge is -2.33. The van der Waals surface area contributed by atoms with Crippen molar-refractivity contribution in [1.82, 2.24) is 20.2 Å². The molecule has 1 aliphatic carbocycles. The Hall–Kier alpha value is -2.44. The van der Waals surface area contributed by atoms with E-state index in [0.717, 1.165) is 32.1 Å². The molecule has 1 atom stereocenters. The first-order chi connectivity index (χ1) is 12.0. The van der Waals surface area contributed by atoms with Crippen molar-refractivity contribution in [1.29, 1.82) is 0 Å². The molecule has 7 heteroatoms. The van der Waals surface area contributed by atoms with Crippen LogP contribution in [0.3, 0.4) is 0 Å². The highest BCUT2D eigenvalue weighted by Crippen LogP contribution is 2.53. The first kappa shape index (κ1) is 16.1. The molecule has 4 rings (SSSR count). The summed E-state index contributed by atoms with van der Waals surface area (Å²) in [4.78, 5) is 33.4. The molecule has 1 aliphatic heterocycles. The summed E-state index contributed by atoms with van der Waals surface area (Å²) in [6.07, 6.45) is 7.26. The quantitative estimate of drug-likeness (QED) is 0.896. The van der Waals surface area contributed by atoms with Gasteiger partial charge in [-0.25, -0.2) is 4.39 Å². The molecule has 0 unspecified atom stereocenters. The van der Waals surface area contributed by atoms with E-state index < -0.39 is 17.8 Å². The largest absolute Gasteiger partial charge is 0.349 e. The molecule has 1 saturated carbocycles. The monoisotopic (exact) mass is 344 g/mol. The van der Waals surface area contributed by atoms with Crippen LogP contribution in [0, 0.1) is 11.2 Å². The third kappa shape index (κ3) is 2.99. The summed E-state index contributed by atoms with van der Waals surface area (Å²) in [5.74, 6) is -0.973. The van der Waals surface area contributed by atoms with Gasteiger partial charge in [-0.15, -0.1) is 0 Å². The summed E-state index contributed by atoms with van der Waals surface area (Å²) in [5.41, 5.74) is 1.18. The molecular formula is C18H21FN4O2. The number of pyridine rings is 1. The van der Waals surface area contributed by atoms with Gasteiger partial charge in [0.2, 0.25) is 5.91 Å². The molecule has 2 N–H and O–H groups in total. The summed E-state index contributed by atoms with van der Waals surface area (Å²) in [5, 5.41) is 3.02. The van der Waals surface area contributed by atoms with Crippen LogP contribution in [-0.2, 0) is 4.79 Å². The molecule has 0 bridgehead atoms. The molecule has 2 fully saturated rings. The first-order valence-corrected chi connectivity index (χ1v) is 8.69. The fourth-order valence-electron chi connectivity index (χ4n) is 3.63. The predicted molar refractivity (Wildman–Crippen MR) is 90.5 cm³/mol. The minimum absolute atomic E-state index is 0.0622. The van der Waals surface area contributed by atoms with E-state index in [9.17, 15) is 14.0 Å². The number of carbonyl (C=O) groups excluding carboxylic acids is 2. The summed E-state index contributed by atoms with van der Waals surface area (Å²) >= 11 is 0. The molecule has 2 amide bonds. The Labute approximate surface area is 144 Å². The highest BCUT2D eigenvalue weighted by Gasteiger charge is 2.45. The maximum Gasteiger partial charge on any atom is 0.268 e. The van der Waals surface area contributed by atoms with Crippen molar-refractivity contribution in [2.45, 2.75) is 38.6 Å². The number of fused-ring (bicyclic) bond motifs is 1. The zero-order chi connectivity index (χ0) is 17.6. The molecule has 3 heterocycles. The van der Waals surface area contributed by atoms with Crippen molar-refractivity contribution in [3.63, 3.8) is 0 Å². The lowest BCUT2D eigenvalue weighted by Crippen LogP contribution is -2.49. The van der Waals surface area contributed by atoms with Gasteiger partial charge < -0.3 is 15.2 Å². The summed E-state index contributed by atoms with van der Waals surface area (Å²) < 4.78 is 13.7. The van der Waals surface area contributed by atoms with Crippen LogP contribution in [0.4, 0.5) is 4.39 Å². The van der Waals surface area contributed by atoms with Gasteiger partial charge in [-0.3, -0.25) is 14.6 Å². The smallest absolute Gasteiger partial charge is 0.268 e. The Kier molecular flexibility index (Phi) is 3.74. The minimum Gasteiger partial charge on any atom is -0.349 e. The maximum absolute atomic E-state index is 13.7. The van der Waals surface area contributed by atoms with Crippen molar-refractivity contribution in [3.05, 3.63) is 30.0 Å². The topological polar surface area (TPSA) is 78.1 Å². The van der Waals surface area contributed by atoms with E-state index in [1.165, 1.54) is 25.1 Å². The van der Waals surface area contributed by atoms with Gasteiger partial charge in [-0.2, -0.15) is 0 Å². The Bertz CT molecular complexity index is 833. The number of halogens is 1. The molecular weight excluding hydrogens is 323 g/mol. The zero-order valence-corrected chi connectivity index (χ0v) is 14.1. The molecule has 1 saturated heterocycles. The summed E-state index contributed by atoms with van der Waals surface area (Å²) in [6, 6.07) is 0.825. The molecule has 132 valence electrons. The number of aromatic amines is 1. The second-order valence-electron chi connectivity index (χ2n) is 7.29. The third-order valence-corrected chi connectivity index (χ3v) is 5.55. The number of likely N-dealkylation sites (tertiary alicyclic amines) is 1. The van der Waals surface area contributed by atoms with Crippen molar-refractivity contribution >= 4 is 22.7 Å². The fourth-order valence-corrected chi connectivity index (χ4v) is 3.63. The summed E-state index contributed by atoms with van der Waals surface area (Å²) in [7, 11) is 0. The van der Waals surface area contributed by atoms with Crippen LogP contribution in [0.1, 0.15) is 43.1 Å². The van der Waals surface area contributed by atoms with Crippen LogP contribution in [0.25, 0.3) is 10.9 Å². The average Bonchev–Trinajstić information content (AvgIpc) is 3.20. The van der Waals surface area contributed by atoms with Crippen LogP contribution in [0.15, 0.2) is 18.5 Å². The zero-order valence-electron chi connectivity index (χ0n) is 14.1. The van der Waals surface area contributed by atoms with Gasteiger partial charge in [0, 0.05) is 18.5 Å². The van der Waals surface area contributed by atoms with Gasteiger partial charge in [0.1, 0.15) is 11.7 Å². The van der Waals surface area contributed by atoms with Gasteiger partial charge in [-0.1, -0.05) is 0 Å². The van der Waals surface area contributed by atoms with Gasteiger partial charge in [0.05, 0.1) is 17.9 Å². The second-order valence-corrected chi connectivity index (χ2v) is 7.29. The molecule has 0 radical (unpaired) electrons. The maximum atomic E-state index is 13.7. The molecule has 2 aliphatic rings. The Morgan fingerprint density at radius 2 is 2.00 bits per heavy atom. The van der Waals surface area contributed by atoms with Gasteiger partial charge in [0.25, 0.3) is 5.91 Å². The van der Waals surface area contributed by atoms with E-state index in [2.05, 4.69) is 15.3 Å². The number of amides is 2. The number of hydrogen-bond acceptors (Lipinski definition) is 3. The Morgan fingerprint density at radius 3 is 2.64 bits per heavy atom. The number of nitrogens with one attached hydrogen (secondary N) is 2. The predicted octanol–water partition coefficient (Wildman–Crippen LogP) is 2.22. The van der Waals surface area contributed by atoms with E-state index in [4.69, 9.17) is 0 Å². The summed E-state index contributed by atoms with van der Waals surface area (Å²) in [6.45, 7) is 3.22. The lowest BCUT2D eigenvalue weighted by molar-refractivity contribution is -0.134. The standard InChI is InChI=1S/C18H21FN4O2/c1-11(17(25)23-6-4-18(2-3-18)5-7-23)21-16(24)14-8-12-13(19)9-20-10-15(12)22-14/h8-11,22H,2-7H2,1H3,(H,21,24)/t11-/m1/s1. The van der Waals surface area contributed by atoms with Gasteiger partial charge in [0.15, 0.2) is 5.82 Å². The van der Waals surface area contributed by atoms with Crippen LogP contribution < -0.4 is 5.32 Å². The third-order valence-electron chi connectivity index (χ3n) is 5.55. The van der Waals surface area contributed by atoms with E-state index in [1.54, 1.807) is 6.92 Å². The molecule has 0 aromatic carbocycles. The minimum atomic E-state index is -0.616.